The van der Waals surface area contributed by atoms with E-state index in [1.54, 1.807) is 6.20 Å². The van der Waals surface area contributed by atoms with Gasteiger partial charge in [-0.1, -0.05) is 6.42 Å². The Labute approximate surface area is 185 Å². The van der Waals surface area contributed by atoms with Gasteiger partial charge in [0.25, 0.3) is 11.5 Å². The first-order valence-electron chi connectivity index (χ1n) is 11.1. The molecule has 1 fully saturated rings. The number of nitrogens with zero attached hydrogens (tertiary/aromatic N) is 4. The Hall–Kier alpha value is -2.74. The minimum atomic E-state index is -0.153. The van der Waals surface area contributed by atoms with Crippen molar-refractivity contribution < 1.29 is 4.79 Å². The first-order valence-corrected chi connectivity index (χ1v) is 11.9. The molecule has 1 saturated heterocycles. The number of pyridine rings is 1. The van der Waals surface area contributed by atoms with Gasteiger partial charge < -0.3 is 10.2 Å². The molecular weight excluding hydrogens is 410 g/mol. The number of rotatable bonds is 4. The molecule has 0 aromatic carbocycles. The predicted molar refractivity (Wildman–Crippen MR) is 123 cm³/mol. The molecule has 1 N–H and O–H groups in total. The van der Waals surface area contributed by atoms with Crippen molar-refractivity contribution in [2.24, 2.45) is 0 Å². The van der Waals surface area contributed by atoms with E-state index >= 15 is 0 Å². The second kappa shape index (κ2) is 8.42. The standard InChI is InChI=1S/C23H27N5O2S/c1-15-19-22(26-17-7-3-2-4-12-28(17)23(19)30)31-20(15)21(29)25-14-16-8-9-24-18(13-16)27-10-5-6-11-27/h8-9,13H,2-7,10-12,14H2,1H3,(H,25,29). The third-order valence-electron chi connectivity index (χ3n) is 6.31. The van der Waals surface area contributed by atoms with Crippen LogP contribution in [0.2, 0.25) is 0 Å². The number of aryl methyl sites for hydroxylation is 2. The monoisotopic (exact) mass is 437 g/mol. The van der Waals surface area contributed by atoms with Crippen LogP contribution in [0.15, 0.2) is 23.1 Å². The lowest BCUT2D eigenvalue weighted by atomic mass is 10.2. The zero-order valence-corrected chi connectivity index (χ0v) is 18.6. The average molecular weight is 438 g/mol. The number of amides is 1. The predicted octanol–water partition coefficient (Wildman–Crippen LogP) is 3.42. The summed E-state index contributed by atoms with van der Waals surface area (Å²) in [6.07, 6.45) is 8.21. The molecule has 1 amide bonds. The van der Waals surface area contributed by atoms with E-state index in [1.807, 2.05) is 23.6 Å². The Morgan fingerprint density at radius 1 is 1.16 bits per heavy atom. The quantitative estimate of drug-likeness (QED) is 0.677. The fourth-order valence-electron chi connectivity index (χ4n) is 4.58. The normalized spacial score (nSPS) is 16.4. The molecule has 0 radical (unpaired) electrons. The van der Waals surface area contributed by atoms with Gasteiger partial charge in [-0.15, -0.1) is 11.3 Å². The van der Waals surface area contributed by atoms with Crippen LogP contribution in [0.1, 0.15) is 58.7 Å². The molecule has 0 bridgehead atoms. The van der Waals surface area contributed by atoms with Crippen LogP contribution in [0, 0.1) is 6.92 Å². The largest absolute Gasteiger partial charge is 0.357 e. The zero-order chi connectivity index (χ0) is 21.4. The number of thiophene rings is 1. The van der Waals surface area contributed by atoms with Crippen molar-refractivity contribution in [3.05, 3.63) is 50.5 Å². The molecule has 0 spiro atoms. The van der Waals surface area contributed by atoms with Gasteiger partial charge >= 0.3 is 0 Å². The van der Waals surface area contributed by atoms with Crippen LogP contribution in [-0.4, -0.2) is 33.5 Å². The fourth-order valence-corrected chi connectivity index (χ4v) is 5.69. The highest BCUT2D eigenvalue weighted by atomic mass is 32.1. The molecule has 2 aliphatic rings. The molecule has 0 atom stereocenters. The summed E-state index contributed by atoms with van der Waals surface area (Å²) in [7, 11) is 0. The van der Waals surface area contributed by atoms with Gasteiger partial charge in [0.15, 0.2) is 0 Å². The van der Waals surface area contributed by atoms with Gasteiger partial charge in [-0.3, -0.25) is 14.2 Å². The Morgan fingerprint density at radius 3 is 2.81 bits per heavy atom. The Balaban J connectivity index is 1.38. The van der Waals surface area contributed by atoms with Crippen LogP contribution >= 0.6 is 11.3 Å². The molecule has 8 heteroatoms. The van der Waals surface area contributed by atoms with E-state index in [2.05, 4.69) is 15.2 Å². The van der Waals surface area contributed by atoms with Crippen LogP contribution in [0.5, 0.6) is 0 Å². The van der Waals surface area contributed by atoms with Crippen LogP contribution in [0.4, 0.5) is 5.82 Å². The van der Waals surface area contributed by atoms with E-state index in [4.69, 9.17) is 4.98 Å². The van der Waals surface area contributed by atoms with Crippen LogP contribution < -0.4 is 15.8 Å². The highest BCUT2D eigenvalue weighted by Gasteiger charge is 2.22. The van der Waals surface area contributed by atoms with Crippen LogP contribution in [0.25, 0.3) is 10.2 Å². The van der Waals surface area contributed by atoms with E-state index in [9.17, 15) is 9.59 Å². The summed E-state index contributed by atoms with van der Waals surface area (Å²) in [5.74, 6) is 1.68. The third kappa shape index (κ3) is 3.84. The molecule has 2 aliphatic heterocycles. The molecule has 5 rings (SSSR count). The molecule has 0 saturated carbocycles. The Kier molecular flexibility index (Phi) is 5.48. The number of carbonyl (C=O) groups is 1. The number of nitrogens with one attached hydrogen (secondary N) is 1. The van der Waals surface area contributed by atoms with Crippen LogP contribution in [0.3, 0.4) is 0 Å². The van der Waals surface area contributed by atoms with Crippen molar-refractivity contribution >= 4 is 33.3 Å². The molecule has 0 unspecified atom stereocenters. The summed E-state index contributed by atoms with van der Waals surface area (Å²) in [6, 6.07) is 3.98. The van der Waals surface area contributed by atoms with E-state index in [1.165, 1.54) is 24.2 Å². The molecule has 3 aromatic heterocycles. The lowest BCUT2D eigenvalue weighted by molar-refractivity contribution is 0.0954. The zero-order valence-electron chi connectivity index (χ0n) is 17.8. The third-order valence-corrected chi connectivity index (χ3v) is 7.50. The fraction of sp³-hybridized carbons (Fsp3) is 0.478. The van der Waals surface area contributed by atoms with E-state index < -0.39 is 0 Å². The van der Waals surface area contributed by atoms with Gasteiger partial charge in [-0.2, -0.15) is 0 Å². The summed E-state index contributed by atoms with van der Waals surface area (Å²) in [5.41, 5.74) is 1.76. The summed E-state index contributed by atoms with van der Waals surface area (Å²) in [5, 5.41) is 3.62. The van der Waals surface area contributed by atoms with Crippen molar-refractivity contribution in [2.75, 3.05) is 18.0 Å². The van der Waals surface area contributed by atoms with Crippen molar-refractivity contribution in [2.45, 2.75) is 58.5 Å². The van der Waals surface area contributed by atoms with Crippen LogP contribution in [-0.2, 0) is 19.5 Å². The molecular formula is C23H27N5O2S. The SMILES string of the molecule is Cc1c(C(=O)NCc2ccnc(N3CCCC3)c2)sc2nc3n(c(=O)c12)CCCCC3. The number of carbonyl (C=O) groups excluding carboxylic acids is 1. The molecule has 0 aliphatic carbocycles. The lowest BCUT2D eigenvalue weighted by Gasteiger charge is -2.17. The second-order valence-corrected chi connectivity index (χ2v) is 9.43. The summed E-state index contributed by atoms with van der Waals surface area (Å²) in [4.78, 5) is 38.9. The molecule has 3 aromatic rings. The summed E-state index contributed by atoms with van der Waals surface area (Å²) < 4.78 is 1.81. The molecule has 31 heavy (non-hydrogen) atoms. The lowest BCUT2D eigenvalue weighted by Crippen LogP contribution is -2.25. The van der Waals surface area contributed by atoms with E-state index in [-0.39, 0.29) is 11.5 Å². The molecule has 162 valence electrons. The smallest absolute Gasteiger partial charge is 0.262 e. The van der Waals surface area contributed by atoms with Crippen molar-refractivity contribution in [3.8, 4) is 0 Å². The Morgan fingerprint density at radius 2 is 1.97 bits per heavy atom. The van der Waals surface area contributed by atoms with E-state index in [0.717, 1.165) is 68.1 Å². The number of fused-ring (bicyclic) bond motifs is 2. The maximum Gasteiger partial charge on any atom is 0.262 e. The van der Waals surface area contributed by atoms with Crippen molar-refractivity contribution in [1.29, 1.82) is 0 Å². The number of hydrogen-bond acceptors (Lipinski definition) is 6. The van der Waals surface area contributed by atoms with Crippen molar-refractivity contribution in [1.82, 2.24) is 19.9 Å². The topological polar surface area (TPSA) is 80.1 Å². The second-order valence-electron chi connectivity index (χ2n) is 8.43. The molecule has 5 heterocycles. The maximum atomic E-state index is 13.1. The molecule has 7 nitrogen and oxygen atoms in total. The highest BCUT2D eigenvalue weighted by Crippen LogP contribution is 2.28. The minimum Gasteiger partial charge on any atom is -0.357 e. The van der Waals surface area contributed by atoms with Gasteiger partial charge in [0, 0.05) is 38.8 Å². The van der Waals surface area contributed by atoms with Gasteiger partial charge in [-0.25, -0.2) is 9.97 Å². The number of anilines is 1. The first kappa shape index (κ1) is 20.2. The van der Waals surface area contributed by atoms with Gasteiger partial charge in [-0.05, 0) is 55.9 Å². The van der Waals surface area contributed by atoms with Gasteiger partial charge in [0.1, 0.15) is 16.5 Å². The minimum absolute atomic E-state index is 0.000844. The van der Waals surface area contributed by atoms with Gasteiger partial charge in [0.2, 0.25) is 0 Å². The summed E-state index contributed by atoms with van der Waals surface area (Å²) in [6.45, 7) is 5.08. The van der Waals surface area contributed by atoms with E-state index in [0.29, 0.717) is 21.6 Å². The average Bonchev–Trinajstić information content (AvgIpc) is 3.35. The van der Waals surface area contributed by atoms with Crippen molar-refractivity contribution in [3.63, 3.8) is 0 Å². The highest BCUT2D eigenvalue weighted by molar-refractivity contribution is 7.20. The number of hydrogen-bond donors (Lipinski definition) is 1. The maximum absolute atomic E-state index is 13.1. The summed E-state index contributed by atoms with van der Waals surface area (Å²) >= 11 is 1.33. The number of aromatic nitrogens is 3. The Bertz CT molecular complexity index is 1190. The first-order chi connectivity index (χ1) is 15.1. The van der Waals surface area contributed by atoms with Gasteiger partial charge in [0.05, 0.1) is 10.3 Å².